The molecule has 2 heterocycles. The molecule has 0 aliphatic carbocycles. The van der Waals surface area contributed by atoms with Crippen LogP contribution >= 0.6 is 0 Å². The number of aromatic nitrogens is 2. The Bertz CT molecular complexity index is 432. The zero-order valence-corrected chi connectivity index (χ0v) is 10.6. The first-order valence-electron chi connectivity index (χ1n) is 5.97. The molecule has 0 amide bonds. The van der Waals surface area contributed by atoms with E-state index >= 15 is 0 Å². The lowest BCUT2D eigenvalue weighted by Crippen LogP contribution is -2.22. The fourth-order valence-electron chi connectivity index (χ4n) is 1.92. The minimum atomic E-state index is 0.168. The highest BCUT2D eigenvalue weighted by Gasteiger charge is 2.16. The predicted molar refractivity (Wildman–Crippen MR) is 66.8 cm³/mol. The van der Waals surface area contributed by atoms with Crippen molar-refractivity contribution in [2.24, 2.45) is 7.05 Å². The molecule has 2 aromatic rings. The highest BCUT2D eigenvalue weighted by molar-refractivity contribution is 5.27. The van der Waals surface area contributed by atoms with Gasteiger partial charge in [-0.1, -0.05) is 6.92 Å². The van der Waals surface area contributed by atoms with Crippen molar-refractivity contribution in [2.45, 2.75) is 26.3 Å². The van der Waals surface area contributed by atoms with Crippen LogP contribution in [-0.2, 0) is 7.05 Å². The summed E-state index contributed by atoms with van der Waals surface area (Å²) in [5.41, 5.74) is 2.32. The summed E-state index contributed by atoms with van der Waals surface area (Å²) in [6.45, 7) is 5.10. The average Bonchev–Trinajstić information content (AvgIpc) is 2.89. The lowest BCUT2D eigenvalue weighted by molar-refractivity contribution is 0.523. The number of hydrogen-bond donors (Lipinski definition) is 1. The van der Waals surface area contributed by atoms with E-state index in [0.29, 0.717) is 0 Å². The first kappa shape index (κ1) is 11.9. The molecule has 0 saturated carbocycles. The van der Waals surface area contributed by atoms with Gasteiger partial charge in [0, 0.05) is 24.4 Å². The highest BCUT2D eigenvalue weighted by atomic mass is 16.3. The average molecular weight is 233 g/mol. The van der Waals surface area contributed by atoms with Crippen LogP contribution in [0.25, 0.3) is 0 Å². The van der Waals surface area contributed by atoms with Gasteiger partial charge in [0.15, 0.2) is 0 Å². The summed E-state index contributed by atoms with van der Waals surface area (Å²) in [4.78, 5) is 0. The van der Waals surface area contributed by atoms with Crippen molar-refractivity contribution in [3.05, 3.63) is 41.6 Å². The maximum atomic E-state index is 5.39. The molecule has 1 atom stereocenters. The quantitative estimate of drug-likeness (QED) is 0.862. The molecule has 0 aliphatic rings. The Balaban J connectivity index is 2.24. The number of aryl methyl sites for hydroxylation is 2. The zero-order valence-electron chi connectivity index (χ0n) is 10.6. The van der Waals surface area contributed by atoms with Gasteiger partial charge in [-0.25, -0.2) is 0 Å². The van der Waals surface area contributed by atoms with E-state index < -0.39 is 0 Å². The summed E-state index contributed by atoms with van der Waals surface area (Å²) < 4.78 is 7.21. The Hall–Kier alpha value is -1.55. The summed E-state index contributed by atoms with van der Waals surface area (Å²) in [5.74, 6) is 0.937. The van der Waals surface area contributed by atoms with E-state index in [1.807, 2.05) is 37.3 Å². The SMILES string of the molecule is CCCNC(c1coc(C)c1)c1cnn(C)c1. The Kier molecular flexibility index (Phi) is 3.64. The molecule has 0 bridgehead atoms. The largest absolute Gasteiger partial charge is 0.469 e. The van der Waals surface area contributed by atoms with Crippen molar-refractivity contribution >= 4 is 0 Å². The van der Waals surface area contributed by atoms with E-state index in [1.54, 1.807) is 0 Å². The molecule has 1 unspecified atom stereocenters. The van der Waals surface area contributed by atoms with Gasteiger partial charge in [-0.2, -0.15) is 5.10 Å². The van der Waals surface area contributed by atoms with E-state index in [0.717, 1.165) is 24.3 Å². The Morgan fingerprint density at radius 1 is 1.47 bits per heavy atom. The maximum absolute atomic E-state index is 5.39. The monoisotopic (exact) mass is 233 g/mol. The van der Waals surface area contributed by atoms with Gasteiger partial charge in [0.25, 0.3) is 0 Å². The standard InChI is InChI=1S/C13H19N3O/c1-4-5-14-13(11-6-10(2)17-9-11)12-7-15-16(3)8-12/h6-9,13-14H,4-5H2,1-3H3. The van der Waals surface area contributed by atoms with E-state index in [9.17, 15) is 0 Å². The maximum Gasteiger partial charge on any atom is 0.101 e. The van der Waals surface area contributed by atoms with Crippen molar-refractivity contribution in [3.63, 3.8) is 0 Å². The molecule has 17 heavy (non-hydrogen) atoms. The third kappa shape index (κ3) is 2.77. The molecule has 92 valence electrons. The molecule has 2 aromatic heterocycles. The molecule has 1 N–H and O–H groups in total. The number of nitrogens with zero attached hydrogens (tertiary/aromatic N) is 2. The van der Waals surface area contributed by atoms with Crippen molar-refractivity contribution < 1.29 is 4.42 Å². The van der Waals surface area contributed by atoms with Crippen LogP contribution in [0.2, 0.25) is 0 Å². The molecule has 4 nitrogen and oxygen atoms in total. The van der Waals surface area contributed by atoms with E-state index in [2.05, 4.69) is 23.4 Å². The number of hydrogen-bond acceptors (Lipinski definition) is 3. The second kappa shape index (κ2) is 5.19. The number of rotatable bonds is 5. The molecular weight excluding hydrogens is 214 g/mol. The summed E-state index contributed by atoms with van der Waals surface area (Å²) in [5, 5.41) is 7.74. The lowest BCUT2D eigenvalue weighted by atomic mass is 10.0. The lowest BCUT2D eigenvalue weighted by Gasteiger charge is -2.15. The van der Waals surface area contributed by atoms with Crippen LogP contribution in [0.4, 0.5) is 0 Å². The molecule has 2 rings (SSSR count). The Morgan fingerprint density at radius 2 is 2.29 bits per heavy atom. The van der Waals surface area contributed by atoms with Crippen molar-refractivity contribution in [3.8, 4) is 0 Å². The molecule has 0 spiro atoms. The summed E-state index contributed by atoms with van der Waals surface area (Å²) in [6.07, 6.45) is 6.86. The van der Waals surface area contributed by atoms with Crippen molar-refractivity contribution in [2.75, 3.05) is 6.54 Å². The van der Waals surface area contributed by atoms with Crippen LogP contribution in [0.5, 0.6) is 0 Å². The van der Waals surface area contributed by atoms with E-state index in [1.165, 1.54) is 5.56 Å². The first-order valence-corrected chi connectivity index (χ1v) is 5.97. The van der Waals surface area contributed by atoms with Crippen LogP contribution in [0.3, 0.4) is 0 Å². The summed E-state index contributed by atoms with van der Waals surface area (Å²) in [6, 6.07) is 2.24. The smallest absolute Gasteiger partial charge is 0.101 e. The molecule has 0 fully saturated rings. The molecular formula is C13H19N3O. The predicted octanol–water partition coefficient (Wildman–Crippen LogP) is 2.41. The minimum absolute atomic E-state index is 0.168. The van der Waals surface area contributed by atoms with Gasteiger partial charge in [-0.15, -0.1) is 0 Å². The first-order chi connectivity index (χ1) is 8.20. The second-order valence-electron chi connectivity index (χ2n) is 4.33. The second-order valence-corrected chi connectivity index (χ2v) is 4.33. The van der Waals surface area contributed by atoms with Gasteiger partial charge in [0.05, 0.1) is 18.5 Å². The Labute approximate surface area is 102 Å². The van der Waals surface area contributed by atoms with E-state index in [4.69, 9.17) is 4.42 Å². The van der Waals surface area contributed by atoms with Crippen LogP contribution in [0.15, 0.2) is 29.1 Å². The third-order valence-electron chi connectivity index (χ3n) is 2.74. The van der Waals surface area contributed by atoms with Gasteiger partial charge in [-0.05, 0) is 26.0 Å². The number of furan rings is 1. The van der Waals surface area contributed by atoms with Crippen molar-refractivity contribution in [1.29, 1.82) is 0 Å². The Morgan fingerprint density at radius 3 is 2.82 bits per heavy atom. The van der Waals surface area contributed by atoms with E-state index in [-0.39, 0.29) is 6.04 Å². The normalized spacial score (nSPS) is 12.9. The van der Waals surface area contributed by atoms with Crippen molar-refractivity contribution in [1.82, 2.24) is 15.1 Å². The molecule has 0 saturated heterocycles. The molecule has 4 heteroatoms. The topological polar surface area (TPSA) is 43.0 Å². The van der Waals surface area contributed by atoms with Gasteiger partial charge < -0.3 is 9.73 Å². The fourth-order valence-corrected chi connectivity index (χ4v) is 1.92. The van der Waals surface area contributed by atoms with Gasteiger partial charge in [-0.3, -0.25) is 4.68 Å². The number of nitrogens with one attached hydrogen (secondary N) is 1. The molecule has 0 aliphatic heterocycles. The van der Waals surface area contributed by atoms with Crippen LogP contribution in [0, 0.1) is 6.92 Å². The summed E-state index contributed by atoms with van der Waals surface area (Å²) >= 11 is 0. The highest BCUT2D eigenvalue weighted by Crippen LogP contribution is 2.23. The van der Waals surface area contributed by atoms with Gasteiger partial charge >= 0.3 is 0 Å². The van der Waals surface area contributed by atoms with Crippen LogP contribution in [-0.4, -0.2) is 16.3 Å². The third-order valence-corrected chi connectivity index (χ3v) is 2.74. The van der Waals surface area contributed by atoms with Crippen LogP contribution in [0.1, 0.15) is 36.3 Å². The van der Waals surface area contributed by atoms with Crippen LogP contribution < -0.4 is 5.32 Å². The molecule has 0 radical (unpaired) electrons. The minimum Gasteiger partial charge on any atom is -0.469 e. The molecule has 0 aromatic carbocycles. The fraction of sp³-hybridized carbons (Fsp3) is 0.462. The zero-order chi connectivity index (χ0) is 12.3. The summed E-state index contributed by atoms with van der Waals surface area (Å²) in [7, 11) is 1.93. The van der Waals surface area contributed by atoms with Gasteiger partial charge in [0.2, 0.25) is 0 Å². The van der Waals surface area contributed by atoms with Gasteiger partial charge in [0.1, 0.15) is 5.76 Å².